The fourth-order valence-electron chi connectivity index (χ4n) is 13.3. The van der Waals surface area contributed by atoms with E-state index in [4.69, 9.17) is 9.72 Å². The fourth-order valence-corrected chi connectivity index (χ4v) is 13.3. The summed E-state index contributed by atoms with van der Waals surface area (Å²) in [5.74, 6) is 3.31. The molecule has 0 N–H and O–H groups in total. The number of para-hydroxylation sites is 2. The van der Waals surface area contributed by atoms with Gasteiger partial charge in [-0.1, -0.05) is 154 Å². The smallest absolute Gasteiger partial charge is 0.137 e. The van der Waals surface area contributed by atoms with Crippen LogP contribution in [0.1, 0.15) is 94.5 Å². The summed E-state index contributed by atoms with van der Waals surface area (Å²) in [7, 11) is 0. The lowest BCUT2D eigenvalue weighted by molar-refractivity contribution is 0.483. The fraction of sp³-hybridized carbons (Fsp3) is 0.132. The highest BCUT2D eigenvalue weighted by atomic mass is 16.5. The lowest BCUT2D eigenvalue weighted by Crippen LogP contribution is -2.36. The van der Waals surface area contributed by atoms with Crippen molar-refractivity contribution in [1.29, 1.82) is 0 Å². The molecule has 2 atom stereocenters. The summed E-state index contributed by atoms with van der Waals surface area (Å²) in [4.78, 5) is 9.90. The maximum absolute atomic E-state index is 6.89. The lowest BCUT2D eigenvalue weighted by Gasteiger charge is -2.50. The Bertz CT molecular complexity index is 3980. The maximum Gasteiger partial charge on any atom is 0.137 e. The molecule has 4 bridgehead atoms. The van der Waals surface area contributed by atoms with Crippen LogP contribution in [0.4, 0.5) is 22.7 Å². The van der Waals surface area contributed by atoms with E-state index in [0.717, 1.165) is 39.4 Å². The molecule has 7 aliphatic rings. The zero-order chi connectivity index (χ0) is 48.5. The van der Waals surface area contributed by atoms with Crippen molar-refractivity contribution in [2.75, 3.05) is 16.5 Å². The Hall–Kier alpha value is -8.67. The second-order valence-corrected chi connectivity index (χ2v) is 21.5. The number of hydrogen-bond acceptors (Lipinski definition) is 4. The van der Waals surface area contributed by atoms with Gasteiger partial charge in [-0.2, -0.15) is 0 Å². The molecule has 73 heavy (non-hydrogen) atoms. The first-order chi connectivity index (χ1) is 35.8. The maximum atomic E-state index is 6.89. The molecule has 0 spiro atoms. The van der Waals surface area contributed by atoms with Gasteiger partial charge in [0.05, 0.1) is 22.4 Å². The lowest BCUT2D eigenvalue weighted by atomic mass is 9.53. The topological polar surface area (TPSA) is 33.5 Å². The molecule has 0 saturated carbocycles. The zero-order valence-corrected chi connectivity index (χ0v) is 41.1. The Kier molecular flexibility index (Phi) is 9.17. The number of hydrogen-bond donors (Lipinski definition) is 0. The van der Waals surface area contributed by atoms with E-state index in [0.29, 0.717) is 6.67 Å². The van der Waals surface area contributed by atoms with Crippen LogP contribution in [-0.4, -0.2) is 16.2 Å². The van der Waals surface area contributed by atoms with Crippen molar-refractivity contribution >= 4 is 44.6 Å². The summed E-state index contributed by atoms with van der Waals surface area (Å²) in [6.07, 6.45) is 1.94. The first-order valence-corrected chi connectivity index (χ1v) is 25.8. The number of rotatable bonds is 6. The predicted molar refractivity (Wildman–Crippen MR) is 298 cm³/mol. The van der Waals surface area contributed by atoms with Gasteiger partial charge in [0.1, 0.15) is 24.0 Å². The molecular formula is C68H52N4O. The minimum absolute atomic E-state index is 0.0318. The molecule has 0 fully saturated rings. The number of benzene rings is 9. The van der Waals surface area contributed by atoms with Gasteiger partial charge in [-0.3, -0.25) is 4.57 Å². The van der Waals surface area contributed by atoms with Crippen LogP contribution in [0.15, 0.2) is 225 Å². The van der Waals surface area contributed by atoms with E-state index in [-0.39, 0.29) is 29.1 Å². The first kappa shape index (κ1) is 42.1. The van der Waals surface area contributed by atoms with Gasteiger partial charge in [0, 0.05) is 64.1 Å². The SMILES string of the molecule is CC(C)(C)c1ccnc(-n2c3ccc(-c4ccccc4)cc3c3ccc(Oc4cccc(N5CN(c6ccc7c(c6)C6c8ccccc8C7C7c8ccccc8C6c6ccccc67)c6ccccc65)c4)cc32)c1. The molecule has 6 aliphatic carbocycles. The molecule has 2 aromatic heterocycles. The number of nitrogens with zero attached hydrogens (tertiary/aromatic N) is 4. The molecule has 0 saturated heterocycles. The third-order valence-corrected chi connectivity index (χ3v) is 16.5. The van der Waals surface area contributed by atoms with Crippen molar-refractivity contribution in [2.45, 2.75) is 49.9 Å². The van der Waals surface area contributed by atoms with E-state index < -0.39 is 0 Å². The van der Waals surface area contributed by atoms with Crippen molar-refractivity contribution in [3.05, 3.63) is 275 Å². The van der Waals surface area contributed by atoms with Gasteiger partial charge in [-0.05, 0) is 139 Å². The Morgan fingerprint density at radius 3 is 1.60 bits per heavy atom. The Balaban J connectivity index is 0.792. The van der Waals surface area contributed by atoms with Crippen LogP contribution in [0.3, 0.4) is 0 Å². The Morgan fingerprint density at radius 1 is 0.411 bits per heavy atom. The van der Waals surface area contributed by atoms with Crippen LogP contribution in [0, 0.1) is 0 Å². The largest absolute Gasteiger partial charge is 0.457 e. The van der Waals surface area contributed by atoms with Crippen LogP contribution in [0.2, 0.25) is 0 Å². The van der Waals surface area contributed by atoms with Crippen molar-refractivity contribution in [2.24, 2.45) is 0 Å². The third-order valence-electron chi connectivity index (χ3n) is 16.5. The van der Waals surface area contributed by atoms with Crippen molar-refractivity contribution in [3.8, 4) is 28.4 Å². The van der Waals surface area contributed by atoms with Gasteiger partial charge in [0.15, 0.2) is 0 Å². The molecule has 5 nitrogen and oxygen atoms in total. The highest BCUT2D eigenvalue weighted by Gasteiger charge is 2.49. The van der Waals surface area contributed by atoms with E-state index in [2.05, 4.69) is 254 Å². The van der Waals surface area contributed by atoms with Crippen LogP contribution >= 0.6 is 0 Å². The van der Waals surface area contributed by atoms with Crippen molar-refractivity contribution < 1.29 is 4.74 Å². The molecule has 18 rings (SSSR count). The standard InChI is InChI=1S/C68H52N4O/c1-68(2,3)44-34-35-69-63(37-44)72-59-33-28-43(42-16-5-4-6-17-42)36-57(59)49-32-30-48(40-62(49)72)73-47-19-15-18-45(38-47)70-41-71(61-27-14-13-26-60(61)70)46-29-31-56-58(39-46)67-55-25-12-11-24-54(55)66(56)64-50-20-7-9-22-52(50)65(67)53-23-10-8-21-51(53)64/h4-40,64-67H,41H2,1-3H3. The Morgan fingerprint density at radius 2 is 0.973 bits per heavy atom. The quantitative estimate of drug-likeness (QED) is 0.166. The van der Waals surface area contributed by atoms with Crippen LogP contribution in [0.5, 0.6) is 11.5 Å². The molecule has 9 aromatic carbocycles. The van der Waals surface area contributed by atoms with E-state index in [1.165, 1.54) is 83.6 Å². The highest BCUT2D eigenvalue weighted by Crippen LogP contribution is 2.64. The van der Waals surface area contributed by atoms with E-state index in [1.807, 2.05) is 6.20 Å². The summed E-state index contributed by atoms with van der Waals surface area (Å²) in [6, 6.07) is 81.0. The normalized spacial score (nSPS) is 18.0. The number of pyridine rings is 1. The number of anilines is 4. The minimum atomic E-state index is -0.0318. The van der Waals surface area contributed by atoms with Crippen LogP contribution in [-0.2, 0) is 5.41 Å². The van der Waals surface area contributed by atoms with Crippen molar-refractivity contribution in [1.82, 2.24) is 9.55 Å². The van der Waals surface area contributed by atoms with Gasteiger partial charge in [0.25, 0.3) is 0 Å². The summed E-state index contributed by atoms with van der Waals surface area (Å²) in [5, 5.41) is 2.33. The zero-order valence-electron chi connectivity index (χ0n) is 41.1. The molecule has 0 amide bonds. The average Bonchev–Trinajstić information content (AvgIpc) is 3.97. The van der Waals surface area contributed by atoms with Gasteiger partial charge in [0.2, 0.25) is 0 Å². The van der Waals surface area contributed by atoms with Gasteiger partial charge >= 0.3 is 0 Å². The number of fused-ring (bicyclic) bond motifs is 4. The first-order valence-electron chi connectivity index (χ1n) is 25.8. The molecule has 1 aliphatic heterocycles. The van der Waals surface area contributed by atoms with Gasteiger partial charge < -0.3 is 14.5 Å². The molecule has 0 radical (unpaired) electrons. The van der Waals surface area contributed by atoms with E-state index in [1.54, 1.807) is 0 Å². The molecule has 3 heterocycles. The van der Waals surface area contributed by atoms with Crippen molar-refractivity contribution in [3.63, 3.8) is 0 Å². The number of ether oxygens (including phenoxy) is 1. The molecule has 5 heteroatoms. The summed E-state index contributed by atoms with van der Waals surface area (Å²) >= 11 is 0. The van der Waals surface area contributed by atoms with E-state index in [9.17, 15) is 0 Å². The van der Waals surface area contributed by atoms with Gasteiger partial charge in [-0.15, -0.1) is 0 Å². The van der Waals surface area contributed by atoms with Crippen LogP contribution < -0.4 is 14.5 Å². The Labute approximate surface area is 426 Å². The monoisotopic (exact) mass is 940 g/mol. The number of aromatic nitrogens is 2. The predicted octanol–water partition coefficient (Wildman–Crippen LogP) is 17.1. The molecule has 2 unspecified atom stereocenters. The average molecular weight is 941 g/mol. The second kappa shape index (κ2) is 15.9. The van der Waals surface area contributed by atoms with Crippen LogP contribution in [0.25, 0.3) is 38.8 Å². The van der Waals surface area contributed by atoms with Gasteiger partial charge in [-0.25, -0.2) is 4.98 Å². The summed E-state index contributed by atoms with van der Waals surface area (Å²) < 4.78 is 9.18. The highest BCUT2D eigenvalue weighted by molar-refractivity contribution is 6.10. The summed E-state index contributed by atoms with van der Waals surface area (Å²) in [5.41, 5.74) is 22.2. The van der Waals surface area contributed by atoms with E-state index >= 15 is 0 Å². The molecular weight excluding hydrogens is 889 g/mol. The minimum Gasteiger partial charge on any atom is -0.457 e. The third kappa shape index (κ3) is 6.44. The summed E-state index contributed by atoms with van der Waals surface area (Å²) in [6.45, 7) is 7.42. The second-order valence-electron chi connectivity index (χ2n) is 21.5. The molecule has 350 valence electrons. The molecule has 11 aromatic rings.